The Kier molecular flexibility index (Phi) is 5.10. The number of hydrogen-bond donors (Lipinski definition) is 1. The van der Waals surface area contributed by atoms with Gasteiger partial charge in [0.25, 0.3) is 5.69 Å². The quantitative estimate of drug-likeness (QED) is 0.364. The van der Waals surface area contributed by atoms with Gasteiger partial charge in [-0.3, -0.25) is 14.9 Å². The molecular formula is C25H24N2O4S2. The van der Waals surface area contributed by atoms with Crippen LogP contribution in [-0.4, -0.2) is 15.2 Å². The number of thiazole rings is 1. The highest BCUT2D eigenvalue weighted by Gasteiger charge is 2.55. The molecule has 5 atom stereocenters. The van der Waals surface area contributed by atoms with Crippen molar-refractivity contribution < 1.29 is 9.66 Å². The fourth-order valence-corrected chi connectivity index (χ4v) is 8.95. The van der Waals surface area contributed by atoms with Gasteiger partial charge >= 0.3 is 4.87 Å². The Balaban J connectivity index is 1.44. The Morgan fingerprint density at radius 2 is 1.94 bits per heavy atom. The third kappa shape index (κ3) is 3.60. The van der Waals surface area contributed by atoms with Crippen molar-refractivity contribution in [2.45, 2.75) is 49.0 Å². The first-order chi connectivity index (χ1) is 16.0. The van der Waals surface area contributed by atoms with Crippen molar-refractivity contribution in [1.29, 1.82) is 0 Å². The summed E-state index contributed by atoms with van der Waals surface area (Å²) in [6.45, 7) is 2.44. The lowest BCUT2D eigenvalue weighted by Crippen LogP contribution is -2.33. The van der Waals surface area contributed by atoms with Crippen LogP contribution in [0.2, 0.25) is 0 Å². The minimum atomic E-state index is -0.344. The number of benzene rings is 2. The predicted molar refractivity (Wildman–Crippen MR) is 129 cm³/mol. The molecule has 2 aliphatic carbocycles. The topological polar surface area (TPSA) is 85.2 Å². The third-order valence-electron chi connectivity index (χ3n) is 7.52. The van der Waals surface area contributed by atoms with Gasteiger partial charge in [0.05, 0.1) is 9.95 Å². The number of H-pyrrole nitrogens is 1. The van der Waals surface area contributed by atoms with E-state index in [1.54, 1.807) is 12.1 Å². The first-order valence-electron chi connectivity index (χ1n) is 11.3. The lowest BCUT2D eigenvalue weighted by molar-refractivity contribution is -0.385. The smallest absolute Gasteiger partial charge is 0.305 e. The average molecular weight is 481 g/mol. The van der Waals surface area contributed by atoms with Crippen LogP contribution in [0.25, 0.3) is 0 Å². The van der Waals surface area contributed by atoms with Crippen LogP contribution < -0.4 is 9.61 Å². The average Bonchev–Trinajstić information content (AvgIpc) is 3.51. The second-order valence-corrected chi connectivity index (χ2v) is 11.6. The van der Waals surface area contributed by atoms with Gasteiger partial charge in [-0.05, 0) is 55.6 Å². The Hall–Kier alpha value is -2.58. The molecule has 0 saturated heterocycles. The summed E-state index contributed by atoms with van der Waals surface area (Å²) in [4.78, 5) is 27.7. The number of thioether (sulfide) groups is 1. The lowest BCUT2D eigenvalue weighted by atomic mass is 9.74. The number of ether oxygens (including phenoxy) is 1. The number of nitro benzene ring substituents is 1. The molecule has 1 aromatic heterocycles. The number of non-ortho nitro benzene ring substituents is 1. The van der Waals surface area contributed by atoms with Gasteiger partial charge in [-0.1, -0.05) is 41.2 Å². The largest absolute Gasteiger partial charge is 0.489 e. The van der Waals surface area contributed by atoms with Crippen LogP contribution in [0.4, 0.5) is 5.69 Å². The molecule has 2 aromatic carbocycles. The number of nitro groups is 1. The zero-order chi connectivity index (χ0) is 22.7. The van der Waals surface area contributed by atoms with Crippen molar-refractivity contribution in [3.8, 4) is 5.75 Å². The molecule has 6 nitrogen and oxygen atoms in total. The maximum atomic E-state index is 12.3. The highest BCUT2D eigenvalue weighted by atomic mass is 32.2. The number of nitrogens with zero attached hydrogens (tertiary/aromatic N) is 1. The van der Waals surface area contributed by atoms with E-state index in [0.717, 1.165) is 21.0 Å². The van der Waals surface area contributed by atoms with Crippen molar-refractivity contribution in [2.24, 2.45) is 17.8 Å². The molecule has 0 radical (unpaired) electrons. The van der Waals surface area contributed by atoms with E-state index in [4.69, 9.17) is 4.74 Å². The van der Waals surface area contributed by atoms with Gasteiger partial charge < -0.3 is 9.72 Å². The van der Waals surface area contributed by atoms with Crippen LogP contribution in [0.3, 0.4) is 0 Å². The minimum Gasteiger partial charge on any atom is -0.489 e. The van der Waals surface area contributed by atoms with Gasteiger partial charge in [-0.25, -0.2) is 0 Å². The second kappa shape index (κ2) is 8.02. The summed E-state index contributed by atoms with van der Waals surface area (Å²) >= 11 is 3.07. The summed E-state index contributed by atoms with van der Waals surface area (Å²) in [7, 11) is 0. The highest BCUT2D eigenvalue weighted by Crippen LogP contribution is 2.64. The monoisotopic (exact) mass is 480 g/mol. The molecule has 8 heteroatoms. The Bertz CT molecular complexity index is 1280. The van der Waals surface area contributed by atoms with Crippen LogP contribution in [0.5, 0.6) is 5.75 Å². The van der Waals surface area contributed by atoms with Crippen molar-refractivity contribution in [3.05, 3.63) is 83.8 Å². The summed E-state index contributed by atoms with van der Waals surface area (Å²) in [5, 5.41) is 13.1. The van der Waals surface area contributed by atoms with E-state index >= 15 is 0 Å². The molecule has 3 aliphatic rings. The van der Waals surface area contributed by atoms with Crippen molar-refractivity contribution in [3.63, 3.8) is 0 Å². The summed E-state index contributed by atoms with van der Waals surface area (Å²) in [6, 6.07) is 13.1. The van der Waals surface area contributed by atoms with E-state index in [9.17, 15) is 14.9 Å². The van der Waals surface area contributed by atoms with E-state index in [2.05, 4.69) is 17.1 Å². The summed E-state index contributed by atoms with van der Waals surface area (Å²) in [5.41, 5.74) is 3.14. The molecule has 2 bridgehead atoms. The van der Waals surface area contributed by atoms with Gasteiger partial charge in [-0.2, -0.15) is 0 Å². The Morgan fingerprint density at radius 1 is 1.15 bits per heavy atom. The maximum Gasteiger partial charge on any atom is 0.305 e. The maximum absolute atomic E-state index is 12.3. The standard InChI is InChI=1S/C25H24N2O4S2/c1-13-2-4-14(5-3-13)12-31-19-9-8-17(27(29)30)11-18(19)21-20-15-6-7-16(10-15)22(20)32-24-23(21)33-25(28)26-24/h2-5,8-9,11,15-16,20-22H,6-7,10,12H2,1H3,(H,26,28)/t15-,16-,20-,21-,22+/m1/s1. The van der Waals surface area contributed by atoms with Crippen molar-refractivity contribution >= 4 is 28.8 Å². The Morgan fingerprint density at radius 3 is 2.73 bits per heavy atom. The van der Waals surface area contributed by atoms with E-state index in [-0.39, 0.29) is 21.4 Å². The molecule has 0 unspecified atom stereocenters. The van der Waals surface area contributed by atoms with Crippen LogP contribution >= 0.6 is 23.1 Å². The molecule has 1 aliphatic heterocycles. The molecule has 3 aromatic rings. The molecular weight excluding hydrogens is 456 g/mol. The van der Waals surface area contributed by atoms with E-state index in [0.29, 0.717) is 35.4 Å². The molecule has 2 heterocycles. The molecule has 1 N–H and O–H groups in total. The fraction of sp³-hybridized carbons (Fsp3) is 0.400. The zero-order valence-corrected chi connectivity index (χ0v) is 19.8. The van der Waals surface area contributed by atoms with Gasteiger partial charge in [0.15, 0.2) is 0 Å². The number of aryl methyl sites for hydroxylation is 1. The predicted octanol–water partition coefficient (Wildman–Crippen LogP) is 5.88. The fourth-order valence-electron chi connectivity index (χ4n) is 6.07. The van der Waals surface area contributed by atoms with Crippen molar-refractivity contribution in [2.75, 3.05) is 0 Å². The highest BCUT2D eigenvalue weighted by molar-refractivity contribution is 8.00. The zero-order valence-electron chi connectivity index (χ0n) is 18.2. The number of nitrogens with one attached hydrogen (secondary N) is 1. The molecule has 170 valence electrons. The molecule has 6 rings (SSSR count). The van der Waals surface area contributed by atoms with Crippen LogP contribution in [0.1, 0.15) is 46.7 Å². The first-order valence-corrected chi connectivity index (χ1v) is 13.0. The van der Waals surface area contributed by atoms with Crippen molar-refractivity contribution in [1.82, 2.24) is 4.98 Å². The second-order valence-electron chi connectivity index (χ2n) is 9.43. The van der Waals surface area contributed by atoms with E-state index in [1.165, 1.54) is 42.2 Å². The number of aromatic nitrogens is 1. The van der Waals surface area contributed by atoms with Gasteiger partial charge in [0, 0.05) is 33.7 Å². The van der Waals surface area contributed by atoms with Gasteiger partial charge in [-0.15, -0.1) is 11.8 Å². The number of aromatic amines is 1. The van der Waals surface area contributed by atoms with Gasteiger partial charge in [0.2, 0.25) is 0 Å². The van der Waals surface area contributed by atoms with Crippen LogP contribution in [0, 0.1) is 34.8 Å². The summed E-state index contributed by atoms with van der Waals surface area (Å²) < 4.78 is 6.29. The van der Waals surface area contributed by atoms with E-state index < -0.39 is 0 Å². The molecule has 33 heavy (non-hydrogen) atoms. The third-order valence-corrected chi connectivity index (χ3v) is 10.1. The normalized spacial score (nSPS) is 27.2. The Labute approximate surface area is 199 Å². The number of fused-ring (bicyclic) bond motifs is 6. The van der Waals surface area contributed by atoms with E-state index in [1.807, 2.05) is 30.8 Å². The lowest BCUT2D eigenvalue weighted by Gasteiger charge is -2.40. The molecule has 0 spiro atoms. The van der Waals surface area contributed by atoms with Crippen LogP contribution in [0.15, 0.2) is 52.3 Å². The summed E-state index contributed by atoms with van der Waals surface area (Å²) in [6.07, 6.45) is 3.65. The van der Waals surface area contributed by atoms with Crippen LogP contribution in [-0.2, 0) is 6.61 Å². The SMILES string of the molecule is Cc1ccc(COc2ccc([N+](=O)[O-])cc2[C@H]2c3sc(=O)[nH]c3S[C@H]3[C@@H]4CC[C@H](C4)[C@H]23)cc1. The first kappa shape index (κ1) is 21.0. The summed E-state index contributed by atoms with van der Waals surface area (Å²) in [5.74, 6) is 2.23. The number of hydrogen-bond acceptors (Lipinski definition) is 6. The molecule has 2 saturated carbocycles. The molecule has 0 amide bonds. The number of rotatable bonds is 5. The molecule has 2 fully saturated rings. The van der Waals surface area contributed by atoms with Gasteiger partial charge in [0.1, 0.15) is 12.4 Å². The minimum absolute atomic E-state index is 0.0570.